The average molecular weight is 388 g/mol. The minimum atomic E-state index is -0.422. The first-order valence-electron chi connectivity index (χ1n) is 9.42. The molecule has 2 atom stereocenters. The zero-order valence-corrected chi connectivity index (χ0v) is 15.7. The second-order valence-electron chi connectivity index (χ2n) is 6.91. The van der Waals surface area contributed by atoms with Crippen molar-refractivity contribution in [3.05, 3.63) is 117 Å². The summed E-state index contributed by atoms with van der Waals surface area (Å²) in [5, 5.41) is 0. The summed E-state index contributed by atoms with van der Waals surface area (Å²) < 4.78 is 8.25. The number of hydrogen-bond donors (Lipinski definition) is 0. The summed E-state index contributed by atoms with van der Waals surface area (Å²) in [5.41, 5.74) is 0.634. The Morgan fingerprint density at radius 2 is 1.62 bits per heavy atom. The molecule has 3 aromatic rings. The standard InChI is InChI=1S/C23H20N2O4/c26-21-13-14-24(23(28)25(21)16-17-7-3-1-4-8-17)19-11-12-20(15-19)29-22(27)18-9-5-2-6-10-18/h1-14,19-20H,15-16H2/t19-,20+/m0/s1. The van der Waals surface area contributed by atoms with Crippen LogP contribution in [0.2, 0.25) is 0 Å². The van der Waals surface area contributed by atoms with E-state index in [2.05, 4.69) is 0 Å². The van der Waals surface area contributed by atoms with E-state index in [1.807, 2.05) is 42.5 Å². The highest BCUT2D eigenvalue weighted by atomic mass is 16.5. The quantitative estimate of drug-likeness (QED) is 0.498. The van der Waals surface area contributed by atoms with Gasteiger partial charge in [0.1, 0.15) is 6.10 Å². The number of ether oxygens (including phenoxy) is 1. The smallest absolute Gasteiger partial charge is 0.338 e. The first kappa shape index (κ1) is 18.7. The first-order valence-corrected chi connectivity index (χ1v) is 9.42. The molecule has 4 rings (SSSR count). The van der Waals surface area contributed by atoms with E-state index < -0.39 is 12.1 Å². The molecule has 0 spiro atoms. The van der Waals surface area contributed by atoms with Crippen molar-refractivity contribution in [1.29, 1.82) is 0 Å². The molecule has 0 amide bonds. The number of hydrogen-bond acceptors (Lipinski definition) is 4. The Labute approximate surface area is 167 Å². The van der Waals surface area contributed by atoms with Crippen molar-refractivity contribution in [1.82, 2.24) is 9.13 Å². The zero-order valence-electron chi connectivity index (χ0n) is 15.7. The number of benzene rings is 2. The van der Waals surface area contributed by atoms with Crippen molar-refractivity contribution in [2.45, 2.75) is 25.1 Å². The van der Waals surface area contributed by atoms with Gasteiger partial charge < -0.3 is 4.74 Å². The molecule has 1 aromatic heterocycles. The van der Waals surface area contributed by atoms with E-state index in [9.17, 15) is 14.4 Å². The fourth-order valence-corrected chi connectivity index (χ4v) is 3.42. The fraction of sp³-hybridized carbons (Fsp3) is 0.174. The number of carbonyl (C=O) groups is 1. The molecule has 0 radical (unpaired) electrons. The maximum Gasteiger partial charge on any atom is 0.338 e. The number of rotatable bonds is 5. The second kappa shape index (κ2) is 8.14. The lowest BCUT2D eigenvalue weighted by Crippen LogP contribution is -2.40. The van der Waals surface area contributed by atoms with Crippen molar-refractivity contribution >= 4 is 5.97 Å². The molecule has 146 valence electrons. The van der Waals surface area contributed by atoms with Gasteiger partial charge in [0.2, 0.25) is 0 Å². The summed E-state index contributed by atoms with van der Waals surface area (Å²) in [5.74, 6) is -0.401. The normalized spacial score (nSPS) is 17.9. The van der Waals surface area contributed by atoms with Gasteiger partial charge >= 0.3 is 11.7 Å². The van der Waals surface area contributed by atoms with Crippen LogP contribution in [-0.4, -0.2) is 21.2 Å². The van der Waals surface area contributed by atoms with Gasteiger partial charge in [0.15, 0.2) is 0 Å². The van der Waals surface area contributed by atoms with Crippen molar-refractivity contribution < 1.29 is 9.53 Å². The number of aromatic nitrogens is 2. The minimum Gasteiger partial charge on any atom is -0.454 e. The molecule has 0 saturated carbocycles. The lowest BCUT2D eigenvalue weighted by atomic mass is 10.2. The zero-order chi connectivity index (χ0) is 20.2. The van der Waals surface area contributed by atoms with E-state index >= 15 is 0 Å². The molecular formula is C23H20N2O4. The highest BCUT2D eigenvalue weighted by Crippen LogP contribution is 2.24. The van der Waals surface area contributed by atoms with Crippen molar-refractivity contribution in [3.63, 3.8) is 0 Å². The van der Waals surface area contributed by atoms with Gasteiger partial charge in [-0.25, -0.2) is 9.59 Å². The van der Waals surface area contributed by atoms with Crippen LogP contribution in [-0.2, 0) is 11.3 Å². The maximum absolute atomic E-state index is 12.9. The Balaban J connectivity index is 1.50. The van der Waals surface area contributed by atoms with Gasteiger partial charge in [-0.3, -0.25) is 13.9 Å². The Hall–Kier alpha value is -3.67. The SMILES string of the molecule is O=C(O[C@@H]1C=C[C@H](n2ccc(=O)n(Cc3ccccc3)c2=O)C1)c1ccccc1. The van der Waals surface area contributed by atoms with Gasteiger partial charge in [-0.2, -0.15) is 0 Å². The van der Waals surface area contributed by atoms with Gasteiger partial charge in [-0.1, -0.05) is 54.6 Å². The number of carbonyl (C=O) groups excluding carboxylic acids is 1. The van der Waals surface area contributed by atoms with Gasteiger partial charge in [0.05, 0.1) is 18.2 Å². The van der Waals surface area contributed by atoms with Gasteiger partial charge in [0, 0.05) is 18.7 Å². The van der Waals surface area contributed by atoms with Crippen LogP contribution >= 0.6 is 0 Å². The predicted molar refractivity (Wildman–Crippen MR) is 109 cm³/mol. The monoisotopic (exact) mass is 388 g/mol. The van der Waals surface area contributed by atoms with Crippen LogP contribution in [0.25, 0.3) is 0 Å². The van der Waals surface area contributed by atoms with Crippen molar-refractivity contribution in [2.75, 3.05) is 0 Å². The second-order valence-corrected chi connectivity index (χ2v) is 6.91. The topological polar surface area (TPSA) is 70.3 Å². The molecule has 29 heavy (non-hydrogen) atoms. The molecule has 1 aliphatic rings. The molecular weight excluding hydrogens is 368 g/mol. The number of esters is 1. The number of allylic oxidation sites excluding steroid dienone is 1. The molecule has 6 heteroatoms. The summed E-state index contributed by atoms with van der Waals surface area (Å²) in [6.07, 6.45) is 5.14. The highest BCUT2D eigenvalue weighted by molar-refractivity contribution is 5.89. The predicted octanol–water partition coefficient (Wildman–Crippen LogP) is 2.78. The lowest BCUT2D eigenvalue weighted by molar-refractivity contribution is 0.0382. The van der Waals surface area contributed by atoms with Gasteiger partial charge in [0.25, 0.3) is 5.56 Å². The number of nitrogens with zero attached hydrogens (tertiary/aromatic N) is 2. The van der Waals surface area contributed by atoms with E-state index in [0.717, 1.165) is 5.56 Å². The largest absolute Gasteiger partial charge is 0.454 e. The van der Waals surface area contributed by atoms with E-state index in [1.165, 1.54) is 21.4 Å². The average Bonchev–Trinajstić information content (AvgIpc) is 3.20. The molecule has 6 nitrogen and oxygen atoms in total. The van der Waals surface area contributed by atoms with Crippen LogP contribution in [0.3, 0.4) is 0 Å². The lowest BCUT2D eigenvalue weighted by Gasteiger charge is -2.17. The summed E-state index contributed by atoms with van der Waals surface area (Å²) >= 11 is 0. The third-order valence-corrected chi connectivity index (χ3v) is 4.93. The van der Waals surface area contributed by atoms with E-state index in [4.69, 9.17) is 4.74 Å². The fourth-order valence-electron chi connectivity index (χ4n) is 3.42. The Morgan fingerprint density at radius 3 is 2.34 bits per heavy atom. The Kier molecular flexibility index (Phi) is 5.24. The first-order chi connectivity index (χ1) is 14.1. The van der Waals surface area contributed by atoms with Crippen LogP contribution in [0.15, 0.2) is 94.7 Å². The highest BCUT2D eigenvalue weighted by Gasteiger charge is 2.25. The minimum absolute atomic E-state index is 0.211. The molecule has 0 unspecified atom stereocenters. The van der Waals surface area contributed by atoms with Crippen LogP contribution in [0.1, 0.15) is 28.4 Å². The summed E-state index contributed by atoms with van der Waals surface area (Å²) in [6.45, 7) is 0.211. The van der Waals surface area contributed by atoms with E-state index in [0.29, 0.717) is 12.0 Å². The van der Waals surface area contributed by atoms with E-state index in [1.54, 1.807) is 30.3 Å². The molecule has 0 fully saturated rings. The van der Waals surface area contributed by atoms with E-state index in [-0.39, 0.29) is 23.8 Å². The third-order valence-electron chi connectivity index (χ3n) is 4.93. The van der Waals surface area contributed by atoms with Crippen molar-refractivity contribution in [3.8, 4) is 0 Å². The molecule has 1 heterocycles. The summed E-state index contributed by atoms with van der Waals surface area (Å²) in [6, 6.07) is 19.3. The molecule has 2 aromatic carbocycles. The van der Waals surface area contributed by atoms with Gasteiger partial charge in [-0.05, 0) is 23.8 Å². The Bertz CT molecular complexity index is 1150. The van der Waals surface area contributed by atoms with Crippen LogP contribution in [0, 0.1) is 0 Å². The Morgan fingerprint density at radius 1 is 0.931 bits per heavy atom. The molecule has 0 saturated heterocycles. The molecule has 0 aliphatic heterocycles. The van der Waals surface area contributed by atoms with Crippen LogP contribution < -0.4 is 11.2 Å². The summed E-state index contributed by atoms with van der Waals surface area (Å²) in [4.78, 5) is 37.4. The van der Waals surface area contributed by atoms with Crippen LogP contribution in [0.5, 0.6) is 0 Å². The summed E-state index contributed by atoms with van der Waals surface area (Å²) in [7, 11) is 0. The van der Waals surface area contributed by atoms with Crippen molar-refractivity contribution in [2.24, 2.45) is 0 Å². The third kappa shape index (κ3) is 4.11. The maximum atomic E-state index is 12.9. The van der Waals surface area contributed by atoms with Crippen LogP contribution in [0.4, 0.5) is 0 Å². The molecule has 0 bridgehead atoms. The molecule has 1 aliphatic carbocycles. The van der Waals surface area contributed by atoms with Gasteiger partial charge in [-0.15, -0.1) is 0 Å². The molecule has 0 N–H and O–H groups in total.